The van der Waals surface area contributed by atoms with E-state index in [-0.39, 0.29) is 12.6 Å². The molecule has 0 saturated heterocycles. The Kier molecular flexibility index (Phi) is 5.99. The van der Waals surface area contributed by atoms with Gasteiger partial charge in [-0.15, -0.1) is 0 Å². The third-order valence-corrected chi connectivity index (χ3v) is 2.17. The Labute approximate surface area is 90.1 Å². The van der Waals surface area contributed by atoms with Gasteiger partial charge in [-0.1, -0.05) is 0 Å². The van der Waals surface area contributed by atoms with E-state index in [1.165, 1.54) is 0 Å². The van der Waals surface area contributed by atoms with Crippen molar-refractivity contribution in [3.63, 3.8) is 0 Å². The van der Waals surface area contributed by atoms with Crippen molar-refractivity contribution in [1.29, 1.82) is 0 Å². The predicted octanol–water partition coefficient (Wildman–Crippen LogP) is -0.130. The van der Waals surface area contributed by atoms with Gasteiger partial charge in [-0.25, -0.2) is 4.98 Å². The van der Waals surface area contributed by atoms with Crippen molar-refractivity contribution >= 4 is 0 Å². The Hall–Kier alpha value is -0.910. The number of hydrogen-bond acceptors (Lipinski definition) is 4. The maximum absolute atomic E-state index is 8.98. The molecule has 0 aromatic carbocycles. The van der Waals surface area contributed by atoms with E-state index in [1.54, 1.807) is 19.6 Å². The molecule has 86 valence electrons. The molecule has 0 fully saturated rings. The molecular weight excluding hydrogens is 194 g/mol. The molecule has 0 radical (unpaired) electrons. The quantitative estimate of drug-likeness (QED) is 0.591. The second kappa shape index (κ2) is 7.39. The molecule has 1 aromatic heterocycles. The van der Waals surface area contributed by atoms with Crippen LogP contribution < -0.4 is 5.32 Å². The molecule has 1 rings (SSSR count). The van der Waals surface area contributed by atoms with Crippen LogP contribution in [0.25, 0.3) is 0 Å². The van der Waals surface area contributed by atoms with Crippen LogP contribution in [0.1, 0.15) is 6.42 Å². The Morgan fingerprint density at radius 1 is 1.60 bits per heavy atom. The molecule has 1 atom stereocenters. The maximum atomic E-state index is 8.98. The zero-order chi connectivity index (χ0) is 10.9. The van der Waals surface area contributed by atoms with Crippen LogP contribution in [0.5, 0.6) is 0 Å². The van der Waals surface area contributed by atoms with Crippen LogP contribution in [-0.2, 0) is 11.3 Å². The first-order valence-electron chi connectivity index (χ1n) is 5.15. The highest BCUT2D eigenvalue weighted by Gasteiger charge is 2.04. The van der Waals surface area contributed by atoms with Gasteiger partial charge < -0.3 is 19.7 Å². The number of aliphatic hydroxyl groups is 1. The van der Waals surface area contributed by atoms with Gasteiger partial charge >= 0.3 is 0 Å². The molecule has 1 aromatic rings. The normalized spacial score (nSPS) is 12.9. The largest absolute Gasteiger partial charge is 0.395 e. The third-order valence-electron chi connectivity index (χ3n) is 2.17. The van der Waals surface area contributed by atoms with Crippen molar-refractivity contribution in [2.24, 2.45) is 0 Å². The van der Waals surface area contributed by atoms with Gasteiger partial charge in [0.2, 0.25) is 0 Å². The average Bonchev–Trinajstić information content (AvgIpc) is 2.75. The smallest absolute Gasteiger partial charge is 0.0945 e. The van der Waals surface area contributed by atoms with Crippen molar-refractivity contribution in [2.45, 2.75) is 19.0 Å². The summed E-state index contributed by atoms with van der Waals surface area (Å²) in [6.45, 7) is 2.46. The second-order valence-electron chi connectivity index (χ2n) is 3.44. The van der Waals surface area contributed by atoms with Crippen molar-refractivity contribution in [3.05, 3.63) is 18.7 Å². The summed E-state index contributed by atoms with van der Waals surface area (Å²) in [5.74, 6) is 0. The number of aromatic nitrogens is 2. The van der Waals surface area contributed by atoms with Crippen molar-refractivity contribution in [1.82, 2.24) is 14.9 Å². The number of rotatable bonds is 8. The highest BCUT2D eigenvalue weighted by Crippen LogP contribution is 1.90. The van der Waals surface area contributed by atoms with Gasteiger partial charge in [0.25, 0.3) is 0 Å². The number of imidazole rings is 1. The van der Waals surface area contributed by atoms with Crippen molar-refractivity contribution < 1.29 is 9.84 Å². The maximum Gasteiger partial charge on any atom is 0.0945 e. The molecule has 15 heavy (non-hydrogen) atoms. The monoisotopic (exact) mass is 213 g/mol. The fraction of sp³-hybridized carbons (Fsp3) is 0.700. The van der Waals surface area contributed by atoms with Crippen molar-refractivity contribution in [2.75, 3.05) is 26.9 Å². The van der Waals surface area contributed by atoms with E-state index in [9.17, 15) is 0 Å². The summed E-state index contributed by atoms with van der Waals surface area (Å²) >= 11 is 0. The summed E-state index contributed by atoms with van der Waals surface area (Å²) in [7, 11) is 1.63. The van der Waals surface area contributed by atoms with Crippen LogP contribution >= 0.6 is 0 Å². The fourth-order valence-electron chi connectivity index (χ4n) is 1.36. The number of nitrogens with one attached hydrogen (secondary N) is 1. The second-order valence-corrected chi connectivity index (χ2v) is 3.44. The summed E-state index contributed by atoms with van der Waals surface area (Å²) < 4.78 is 6.99. The Bertz CT molecular complexity index is 239. The molecule has 0 spiro atoms. The molecule has 1 unspecified atom stereocenters. The number of hydrogen-bond donors (Lipinski definition) is 2. The number of aryl methyl sites for hydroxylation is 1. The molecule has 5 nitrogen and oxygen atoms in total. The van der Waals surface area contributed by atoms with E-state index < -0.39 is 0 Å². The molecule has 5 heteroatoms. The Morgan fingerprint density at radius 3 is 3.07 bits per heavy atom. The Morgan fingerprint density at radius 2 is 2.47 bits per heavy atom. The number of nitrogens with zero attached hydrogens (tertiary/aromatic N) is 2. The molecule has 1 heterocycles. The fourth-order valence-corrected chi connectivity index (χ4v) is 1.36. The van der Waals surface area contributed by atoms with Crippen LogP contribution in [0.4, 0.5) is 0 Å². The van der Waals surface area contributed by atoms with Gasteiger partial charge in [0.1, 0.15) is 0 Å². The minimum atomic E-state index is 0.0396. The average molecular weight is 213 g/mol. The van der Waals surface area contributed by atoms with Gasteiger partial charge in [0, 0.05) is 26.0 Å². The predicted molar refractivity (Wildman–Crippen MR) is 57.6 cm³/mol. The van der Waals surface area contributed by atoms with E-state index in [2.05, 4.69) is 10.3 Å². The van der Waals surface area contributed by atoms with E-state index in [4.69, 9.17) is 9.84 Å². The highest BCUT2D eigenvalue weighted by atomic mass is 16.5. The summed E-state index contributed by atoms with van der Waals surface area (Å²) in [5.41, 5.74) is 0. The van der Waals surface area contributed by atoms with Gasteiger partial charge in [0.15, 0.2) is 0 Å². The van der Waals surface area contributed by atoms with Crippen molar-refractivity contribution in [3.8, 4) is 0 Å². The summed E-state index contributed by atoms with van der Waals surface area (Å²) in [6, 6.07) is 0.0396. The van der Waals surface area contributed by atoms with E-state index in [1.807, 2.05) is 10.8 Å². The number of ether oxygens (including phenoxy) is 1. The summed E-state index contributed by atoms with van der Waals surface area (Å²) in [5, 5.41) is 12.2. The lowest BCUT2D eigenvalue weighted by Crippen LogP contribution is -2.37. The van der Waals surface area contributed by atoms with Gasteiger partial charge in [-0.05, 0) is 13.0 Å². The van der Waals surface area contributed by atoms with Crippen LogP contribution in [0, 0.1) is 0 Å². The molecule has 0 aliphatic carbocycles. The SMILES string of the molecule is COCC(CO)NCCCn1ccnc1. The van der Waals surface area contributed by atoms with Gasteiger partial charge in [-0.3, -0.25) is 0 Å². The van der Waals surface area contributed by atoms with Crippen LogP contribution in [0.2, 0.25) is 0 Å². The van der Waals surface area contributed by atoms with Crippen LogP contribution in [-0.4, -0.2) is 47.6 Å². The number of methoxy groups -OCH3 is 1. The first-order chi connectivity index (χ1) is 7.36. The standard InChI is InChI=1S/C10H19N3O2/c1-15-8-10(7-14)12-3-2-5-13-6-4-11-9-13/h4,6,9-10,12,14H,2-3,5,7-8H2,1H3. The molecule has 0 aliphatic rings. The number of aliphatic hydroxyl groups excluding tert-OH is 1. The lowest BCUT2D eigenvalue weighted by molar-refractivity contribution is 0.128. The van der Waals surface area contributed by atoms with E-state index in [0.717, 1.165) is 19.5 Å². The highest BCUT2D eigenvalue weighted by molar-refractivity contribution is 4.74. The third kappa shape index (κ3) is 4.92. The van der Waals surface area contributed by atoms with Crippen LogP contribution in [0.3, 0.4) is 0 Å². The molecular formula is C10H19N3O2. The molecule has 0 aliphatic heterocycles. The minimum absolute atomic E-state index is 0.0396. The topological polar surface area (TPSA) is 59.3 Å². The molecule has 0 bridgehead atoms. The van der Waals surface area contributed by atoms with Gasteiger partial charge in [0.05, 0.1) is 25.6 Å². The van der Waals surface area contributed by atoms with E-state index in [0.29, 0.717) is 6.61 Å². The lowest BCUT2D eigenvalue weighted by Gasteiger charge is -2.14. The molecule has 0 amide bonds. The summed E-state index contributed by atoms with van der Waals surface area (Å²) in [6.07, 6.45) is 6.53. The summed E-state index contributed by atoms with van der Waals surface area (Å²) in [4.78, 5) is 3.96. The van der Waals surface area contributed by atoms with Gasteiger partial charge in [-0.2, -0.15) is 0 Å². The zero-order valence-corrected chi connectivity index (χ0v) is 9.09. The van der Waals surface area contributed by atoms with E-state index >= 15 is 0 Å². The molecule has 0 saturated carbocycles. The van der Waals surface area contributed by atoms with Crippen LogP contribution in [0.15, 0.2) is 18.7 Å². The lowest BCUT2D eigenvalue weighted by atomic mass is 10.3. The minimum Gasteiger partial charge on any atom is -0.395 e. The Balaban J connectivity index is 2.05. The first-order valence-corrected chi connectivity index (χ1v) is 5.15. The molecule has 2 N–H and O–H groups in total. The first kappa shape index (κ1) is 12.2. The zero-order valence-electron chi connectivity index (χ0n) is 9.09.